The first-order valence-electron chi connectivity index (χ1n) is 6.44. The predicted molar refractivity (Wildman–Crippen MR) is 69.0 cm³/mol. The standard InChI is InChI=1S/C13H18N4O/c1-3-16-8-7-10(9-16)13-15-14-11-5-4-6-12(18-2)17(11)13/h4-6,10H,3,7-9H2,1-2H3. The fourth-order valence-electron chi connectivity index (χ4n) is 2.69. The first-order chi connectivity index (χ1) is 8.83. The molecular formula is C13H18N4O. The molecule has 0 bridgehead atoms. The van der Waals surface area contributed by atoms with E-state index in [9.17, 15) is 0 Å². The Hall–Kier alpha value is -1.62. The van der Waals surface area contributed by atoms with E-state index in [0.29, 0.717) is 5.92 Å². The summed E-state index contributed by atoms with van der Waals surface area (Å²) in [6.45, 7) is 5.51. The van der Waals surface area contributed by atoms with Crippen molar-refractivity contribution in [3.63, 3.8) is 0 Å². The summed E-state index contributed by atoms with van der Waals surface area (Å²) in [6, 6.07) is 5.86. The minimum Gasteiger partial charge on any atom is -0.482 e. The Morgan fingerprint density at radius 1 is 1.39 bits per heavy atom. The third-order valence-electron chi connectivity index (χ3n) is 3.71. The molecule has 1 aliphatic rings. The van der Waals surface area contributed by atoms with E-state index in [1.165, 1.54) is 0 Å². The highest BCUT2D eigenvalue weighted by Crippen LogP contribution is 2.28. The van der Waals surface area contributed by atoms with Gasteiger partial charge in [-0.15, -0.1) is 10.2 Å². The Labute approximate surface area is 106 Å². The zero-order valence-corrected chi connectivity index (χ0v) is 10.8. The summed E-state index contributed by atoms with van der Waals surface area (Å²) >= 11 is 0. The van der Waals surface area contributed by atoms with Crippen molar-refractivity contribution in [2.24, 2.45) is 0 Å². The molecule has 18 heavy (non-hydrogen) atoms. The van der Waals surface area contributed by atoms with E-state index in [-0.39, 0.29) is 0 Å². The van der Waals surface area contributed by atoms with Crippen LogP contribution in [0.25, 0.3) is 5.65 Å². The smallest absolute Gasteiger partial charge is 0.200 e. The second kappa shape index (κ2) is 4.57. The number of likely N-dealkylation sites (tertiary alicyclic amines) is 1. The van der Waals surface area contributed by atoms with Gasteiger partial charge in [0.2, 0.25) is 5.88 Å². The summed E-state index contributed by atoms with van der Waals surface area (Å²) in [5.41, 5.74) is 0.860. The lowest BCUT2D eigenvalue weighted by molar-refractivity contribution is 0.351. The molecule has 1 unspecified atom stereocenters. The second-order valence-corrected chi connectivity index (χ2v) is 4.70. The van der Waals surface area contributed by atoms with Crippen molar-refractivity contribution in [3.05, 3.63) is 24.0 Å². The molecule has 0 amide bonds. The quantitative estimate of drug-likeness (QED) is 0.824. The molecule has 3 heterocycles. The fraction of sp³-hybridized carbons (Fsp3) is 0.538. The van der Waals surface area contributed by atoms with E-state index < -0.39 is 0 Å². The highest BCUT2D eigenvalue weighted by Gasteiger charge is 2.27. The molecule has 3 rings (SSSR count). The number of ether oxygens (including phenoxy) is 1. The van der Waals surface area contributed by atoms with Crippen LogP contribution in [0.15, 0.2) is 18.2 Å². The lowest BCUT2D eigenvalue weighted by Gasteiger charge is -2.13. The van der Waals surface area contributed by atoms with Crippen LogP contribution in [0.5, 0.6) is 5.88 Å². The van der Waals surface area contributed by atoms with E-state index >= 15 is 0 Å². The highest BCUT2D eigenvalue weighted by molar-refractivity contribution is 5.42. The normalized spacial score (nSPS) is 20.7. The number of likely N-dealkylation sites (N-methyl/N-ethyl adjacent to an activating group) is 1. The molecule has 0 spiro atoms. The monoisotopic (exact) mass is 246 g/mol. The summed E-state index contributed by atoms with van der Waals surface area (Å²) in [4.78, 5) is 2.45. The van der Waals surface area contributed by atoms with Crippen molar-refractivity contribution < 1.29 is 4.74 Å². The number of methoxy groups -OCH3 is 1. The molecular weight excluding hydrogens is 228 g/mol. The number of pyridine rings is 1. The van der Waals surface area contributed by atoms with Crippen molar-refractivity contribution in [2.45, 2.75) is 19.3 Å². The molecule has 5 nitrogen and oxygen atoms in total. The lowest BCUT2D eigenvalue weighted by Crippen LogP contribution is -2.19. The van der Waals surface area contributed by atoms with Crippen LogP contribution < -0.4 is 4.74 Å². The summed E-state index contributed by atoms with van der Waals surface area (Å²) < 4.78 is 7.44. The zero-order chi connectivity index (χ0) is 12.5. The lowest BCUT2D eigenvalue weighted by atomic mass is 10.1. The van der Waals surface area contributed by atoms with Gasteiger partial charge < -0.3 is 9.64 Å². The number of hydrogen-bond acceptors (Lipinski definition) is 4. The van der Waals surface area contributed by atoms with E-state index in [1.54, 1.807) is 7.11 Å². The maximum Gasteiger partial charge on any atom is 0.200 e. The van der Waals surface area contributed by atoms with Crippen LogP contribution in [-0.2, 0) is 0 Å². The molecule has 1 aliphatic heterocycles. The summed E-state index contributed by atoms with van der Waals surface area (Å²) in [5, 5.41) is 8.60. The molecule has 0 aromatic carbocycles. The van der Waals surface area contributed by atoms with Crippen LogP contribution in [-0.4, -0.2) is 46.2 Å². The van der Waals surface area contributed by atoms with Gasteiger partial charge in [0.05, 0.1) is 7.11 Å². The minimum absolute atomic E-state index is 0.455. The number of hydrogen-bond donors (Lipinski definition) is 0. The van der Waals surface area contributed by atoms with Crippen LogP contribution in [0.1, 0.15) is 25.1 Å². The number of fused-ring (bicyclic) bond motifs is 1. The minimum atomic E-state index is 0.455. The van der Waals surface area contributed by atoms with Crippen LogP contribution in [0.3, 0.4) is 0 Å². The van der Waals surface area contributed by atoms with Crippen molar-refractivity contribution in [2.75, 3.05) is 26.7 Å². The number of nitrogens with zero attached hydrogens (tertiary/aromatic N) is 4. The van der Waals surface area contributed by atoms with Gasteiger partial charge in [-0.2, -0.15) is 0 Å². The van der Waals surface area contributed by atoms with E-state index in [4.69, 9.17) is 4.74 Å². The Balaban J connectivity index is 2.02. The van der Waals surface area contributed by atoms with Crippen molar-refractivity contribution in [3.8, 4) is 5.88 Å². The molecule has 1 saturated heterocycles. The van der Waals surface area contributed by atoms with Crippen LogP contribution in [0.4, 0.5) is 0 Å². The van der Waals surface area contributed by atoms with Gasteiger partial charge in [-0.3, -0.25) is 0 Å². The molecule has 0 aliphatic carbocycles. The SMILES string of the molecule is CCN1CCC(c2nnc3cccc(OC)n23)C1. The zero-order valence-electron chi connectivity index (χ0n) is 10.8. The molecule has 96 valence electrons. The first kappa shape index (κ1) is 11.5. The molecule has 1 fully saturated rings. The number of rotatable bonds is 3. The first-order valence-corrected chi connectivity index (χ1v) is 6.44. The molecule has 5 heteroatoms. The van der Waals surface area contributed by atoms with Crippen molar-refractivity contribution in [1.29, 1.82) is 0 Å². The van der Waals surface area contributed by atoms with Gasteiger partial charge in [-0.25, -0.2) is 4.40 Å². The van der Waals surface area contributed by atoms with Gasteiger partial charge in [0.15, 0.2) is 5.65 Å². The van der Waals surface area contributed by atoms with Crippen LogP contribution in [0, 0.1) is 0 Å². The topological polar surface area (TPSA) is 42.7 Å². The third kappa shape index (κ3) is 1.75. The van der Waals surface area contributed by atoms with Gasteiger partial charge in [0.25, 0.3) is 0 Å². The molecule has 0 N–H and O–H groups in total. The van der Waals surface area contributed by atoms with Gasteiger partial charge in [0.1, 0.15) is 5.82 Å². The summed E-state index contributed by atoms with van der Waals surface area (Å²) in [5.74, 6) is 2.29. The van der Waals surface area contributed by atoms with E-state index in [1.807, 2.05) is 22.6 Å². The molecule has 0 radical (unpaired) electrons. The average molecular weight is 246 g/mol. The predicted octanol–water partition coefficient (Wildman–Crippen LogP) is 1.55. The largest absolute Gasteiger partial charge is 0.482 e. The van der Waals surface area contributed by atoms with Gasteiger partial charge >= 0.3 is 0 Å². The Morgan fingerprint density at radius 3 is 3.00 bits per heavy atom. The average Bonchev–Trinajstić information content (AvgIpc) is 3.03. The van der Waals surface area contributed by atoms with Crippen LogP contribution in [0.2, 0.25) is 0 Å². The highest BCUT2D eigenvalue weighted by atomic mass is 16.5. The molecule has 2 aromatic heterocycles. The fourth-order valence-corrected chi connectivity index (χ4v) is 2.69. The molecule has 0 saturated carbocycles. The van der Waals surface area contributed by atoms with Gasteiger partial charge in [0, 0.05) is 12.5 Å². The Kier molecular flexibility index (Phi) is 2.91. The van der Waals surface area contributed by atoms with Gasteiger partial charge in [-0.1, -0.05) is 13.0 Å². The maximum atomic E-state index is 5.41. The Morgan fingerprint density at radius 2 is 2.28 bits per heavy atom. The Bertz CT molecular complexity index is 551. The summed E-state index contributed by atoms with van der Waals surface area (Å²) in [6.07, 6.45) is 1.15. The van der Waals surface area contributed by atoms with E-state index in [0.717, 1.165) is 43.4 Å². The van der Waals surface area contributed by atoms with Gasteiger partial charge in [-0.05, 0) is 31.6 Å². The third-order valence-corrected chi connectivity index (χ3v) is 3.71. The van der Waals surface area contributed by atoms with Crippen LogP contribution >= 0.6 is 0 Å². The van der Waals surface area contributed by atoms with E-state index in [2.05, 4.69) is 22.0 Å². The van der Waals surface area contributed by atoms with Crippen molar-refractivity contribution in [1.82, 2.24) is 19.5 Å². The number of aromatic nitrogens is 3. The summed E-state index contributed by atoms with van der Waals surface area (Å²) in [7, 11) is 1.69. The molecule has 1 atom stereocenters. The maximum absolute atomic E-state index is 5.41. The molecule has 2 aromatic rings. The van der Waals surface area contributed by atoms with Crippen molar-refractivity contribution >= 4 is 5.65 Å². The second-order valence-electron chi connectivity index (χ2n) is 4.70.